The van der Waals surface area contributed by atoms with E-state index in [4.69, 9.17) is 9.47 Å². The molecule has 6 heteroatoms. The summed E-state index contributed by atoms with van der Waals surface area (Å²) >= 11 is 0. The van der Waals surface area contributed by atoms with Gasteiger partial charge in [-0.3, -0.25) is 0 Å². The minimum absolute atomic E-state index is 0.552. The molecule has 1 heterocycles. The predicted molar refractivity (Wildman–Crippen MR) is 97.3 cm³/mol. The van der Waals surface area contributed by atoms with Crippen molar-refractivity contribution in [2.75, 3.05) is 43.6 Å². The van der Waals surface area contributed by atoms with Gasteiger partial charge in [0.05, 0.1) is 13.7 Å². The Hall–Kier alpha value is -2.50. The molecule has 0 aliphatic carbocycles. The van der Waals surface area contributed by atoms with Crippen molar-refractivity contribution in [3.63, 3.8) is 0 Å². The Balaban J connectivity index is 1.87. The summed E-state index contributed by atoms with van der Waals surface area (Å²) in [6.45, 7) is 9.18. The third kappa shape index (κ3) is 5.01. The largest absolute Gasteiger partial charge is 0.497 e. The summed E-state index contributed by atoms with van der Waals surface area (Å²) in [4.78, 5) is 11.2. The number of hydrogen-bond donors (Lipinski definition) is 1. The van der Waals surface area contributed by atoms with E-state index in [9.17, 15) is 0 Å². The minimum Gasteiger partial charge on any atom is -0.497 e. The van der Waals surface area contributed by atoms with Crippen LogP contribution in [0.15, 0.2) is 30.3 Å². The number of ether oxygens (including phenoxy) is 2. The first-order valence-electron chi connectivity index (χ1n) is 8.27. The lowest BCUT2D eigenvalue weighted by atomic mass is 10.3. The monoisotopic (exact) mass is 330 g/mol. The van der Waals surface area contributed by atoms with Gasteiger partial charge < -0.3 is 19.7 Å². The van der Waals surface area contributed by atoms with Gasteiger partial charge in [-0.2, -0.15) is 4.98 Å². The SMILES string of the molecule is CCN(CC)c1nc(C)cc(NCCOc2ccc(OC)cc2)n1. The molecule has 0 aliphatic heterocycles. The zero-order valence-corrected chi connectivity index (χ0v) is 14.9. The molecular formula is C18H26N4O2. The number of methoxy groups -OCH3 is 1. The zero-order chi connectivity index (χ0) is 17.4. The fraction of sp³-hybridized carbons (Fsp3) is 0.444. The quantitative estimate of drug-likeness (QED) is 0.713. The van der Waals surface area contributed by atoms with E-state index in [0.717, 1.165) is 42.0 Å². The molecular weight excluding hydrogens is 304 g/mol. The molecule has 0 atom stereocenters. The van der Waals surface area contributed by atoms with Crippen LogP contribution in [0.1, 0.15) is 19.5 Å². The smallest absolute Gasteiger partial charge is 0.227 e. The summed E-state index contributed by atoms with van der Waals surface area (Å²) in [5.74, 6) is 3.22. The zero-order valence-electron chi connectivity index (χ0n) is 14.9. The van der Waals surface area contributed by atoms with Crippen LogP contribution >= 0.6 is 0 Å². The Labute approximate surface area is 143 Å². The lowest BCUT2D eigenvalue weighted by Crippen LogP contribution is -2.25. The van der Waals surface area contributed by atoms with Crippen molar-refractivity contribution < 1.29 is 9.47 Å². The number of anilines is 2. The maximum absolute atomic E-state index is 5.71. The minimum atomic E-state index is 0.552. The number of nitrogens with one attached hydrogen (secondary N) is 1. The maximum atomic E-state index is 5.71. The molecule has 0 saturated carbocycles. The Bertz CT molecular complexity index is 627. The van der Waals surface area contributed by atoms with E-state index < -0.39 is 0 Å². The molecule has 0 bridgehead atoms. The number of nitrogens with zero attached hydrogens (tertiary/aromatic N) is 3. The topological polar surface area (TPSA) is 59.5 Å². The fourth-order valence-electron chi connectivity index (χ4n) is 2.31. The summed E-state index contributed by atoms with van der Waals surface area (Å²) < 4.78 is 10.8. The Kier molecular flexibility index (Phi) is 6.66. The number of hydrogen-bond acceptors (Lipinski definition) is 6. The summed E-state index contributed by atoms with van der Waals surface area (Å²) in [6.07, 6.45) is 0. The molecule has 1 aromatic carbocycles. The molecule has 0 spiro atoms. The molecule has 0 aliphatic rings. The van der Waals surface area contributed by atoms with Gasteiger partial charge in [0, 0.05) is 24.8 Å². The van der Waals surface area contributed by atoms with E-state index >= 15 is 0 Å². The van der Waals surface area contributed by atoms with Crippen LogP contribution in [0.25, 0.3) is 0 Å². The number of benzene rings is 1. The van der Waals surface area contributed by atoms with Crippen molar-refractivity contribution in [2.24, 2.45) is 0 Å². The Morgan fingerprint density at radius 3 is 2.33 bits per heavy atom. The summed E-state index contributed by atoms with van der Waals surface area (Å²) in [5, 5.41) is 3.29. The average molecular weight is 330 g/mol. The molecule has 6 nitrogen and oxygen atoms in total. The van der Waals surface area contributed by atoms with Crippen LogP contribution in [0.2, 0.25) is 0 Å². The van der Waals surface area contributed by atoms with Gasteiger partial charge in [0.1, 0.15) is 23.9 Å². The Morgan fingerprint density at radius 1 is 1.04 bits per heavy atom. The maximum Gasteiger partial charge on any atom is 0.227 e. The van der Waals surface area contributed by atoms with Crippen molar-refractivity contribution in [2.45, 2.75) is 20.8 Å². The molecule has 0 amide bonds. The van der Waals surface area contributed by atoms with Crippen molar-refractivity contribution in [1.82, 2.24) is 9.97 Å². The summed E-state index contributed by atoms with van der Waals surface area (Å²) in [7, 11) is 1.65. The van der Waals surface area contributed by atoms with E-state index in [0.29, 0.717) is 13.2 Å². The average Bonchev–Trinajstić information content (AvgIpc) is 2.60. The molecule has 1 N–H and O–H groups in total. The van der Waals surface area contributed by atoms with Crippen LogP contribution < -0.4 is 19.7 Å². The molecule has 2 aromatic rings. The van der Waals surface area contributed by atoms with Gasteiger partial charge in [0.15, 0.2) is 0 Å². The third-order valence-electron chi connectivity index (χ3n) is 3.63. The first-order valence-corrected chi connectivity index (χ1v) is 8.27. The molecule has 2 rings (SSSR count). The van der Waals surface area contributed by atoms with Crippen LogP contribution in [0, 0.1) is 6.92 Å². The first kappa shape index (κ1) is 17.8. The highest BCUT2D eigenvalue weighted by molar-refractivity contribution is 5.43. The van der Waals surface area contributed by atoms with E-state index in [1.807, 2.05) is 37.3 Å². The molecule has 24 heavy (non-hydrogen) atoms. The van der Waals surface area contributed by atoms with Crippen LogP contribution in [0.5, 0.6) is 11.5 Å². The van der Waals surface area contributed by atoms with Crippen LogP contribution in [0.4, 0.5) is 11.8 Å². The molecule has 0 saturated heterocycles. The second-order valence-corrected chi connectivity index (χ2v) is 5.32. The molecule has 1 aromatic heterocycles. The summed E-state index contributed by atoms with van der Waals surface area (Å²) in [5.41, 5.74) is 0.950. The van der Waals surface area contributed by atoms with E-state index in [1.54, 1.807) is 7.11 Å². The van der Waals surface area contributed by atoms with E-state index in [-0.39, 0.29) is 0 Å². The van der Waals surface area contributed by atoms with E-state index in [1.165, 1.54) is 0 Å². The molecule has 130 valence electrons. The molecule has 0 radical (unpaired) electrons. The van der Waals surface area contributed by atoms with Crippen molar-refractivity contribution in [3.05, 3.63) is 36.0 Å². The second-order valence-electron chi connectivity index (χ2n) is 5.32. The highest BCUT2D eigenvalue weighted by atomic mass is 16.5. The molecule has 0 fully saturated rings. The van der Waals surface area contributed by atoms with Crippen LogP contribution in [0.3, 0.4) is 0 Å². The van der Waals surface area contributed by atoms with E-state index in [2.05, 4.69) is 34.0 Å². The third-order valence-corrected chi connectivity index (χ3v) is 3.63. The molecule has 0 unspecified atom stereocenters. The second kappa shape index (κ2) is 8.96. The number of rotatable bonds is 9. The normalized spacial score (nSPS) is 10.3. The van der Waals surface area contributed by atoms with Crippen LogP contribution in [-0.2, 0) is 0 Å². The van der Waals surface area contributed by atoms with Crippen molar-refractivity contribution in [3.8, 4) is 11.5 Å². The lowest BCUT2D eigenvalue weighted by Gasteiger charge is -2.19. The van der Waals surface area contributed by atoms with Crippen molar-refractivity contribution >= 4 is 11.8 Å². The number of aromatic nitrogens is 2. The Morgan fingerprint density at radius 2 is 1.71 bits per heavy atom. The predicted octanol–water partition coefficient (Wildman–Crippen LogP) is 3.13. The standard InChI is InChI=1S/C18H26N4O2/c1-5-22(6-2)18-20-14(3)13-17(21-18)19-11-12-24-16-9-7-15(23-4)8-10-16/h7-10,13H,5-6,11-12H2,1-4H3,(H,19,20,21). The van der Waals surface area contributed by atoms with Crippen molar-refractivity contribution in [1.29, 1.82) is 0 Å². The lowest BCUT2D eigenvalue weighted by molar-refractivity contribution is 0.331. The highest BCUT2D eigenvalue weighted by Gasteiger charge is 2.07. The number of aryl methyl sites for hydroxylation is 1. The fourth-order valence-corrected chi connectivity index (χ4v) is 2.31. The van der Waals surface area contributed by atoms with Gasteiger partial charge in [-0.15, -0.1) is 0 Å². The first-order chi connectivity index (χ1) is 11.7. The van der Waals surface area contributed by atoms with Gasteiger partial charge >= 0.3 is 0 Å². The van der Waals surface area contributed by atoms with Gasteiger partial charge in [-0.1, -0.05) is 0 Å². The van der Waals surface area contributed by atoms with Crippen LogP contribution in [-0.4, -0.2) is 43.3 Å². The van der Waals surface area contributed by atoms with Gasteiger partial charge in [-0.05, 0) is 45.0 Å². The van der Waals surface area contributed by atoms with Gasteiger partial charge in [0.2, 0.25) is 5.95 Å². The highest BCUT2D eigenvalue weighted by Crippen LogP contribution is 2.17. The van der Waals surface area contributed by atoms with Gasteiger partial charge in [0.25, 0.3) is 0 Å². The van der Waals surface area contributed by atoms with Gasteiger partial charge in [-0.25, -0.2) is 4.98 Å². The summed E-state index contributed by atoms with van der Waals surface area (Å²) in [6, 6.07) is 9.50.